The molecule has 1 aromatic rings. The number of hydrogen-bond donors (Lipinski definition) is 1. The van der Waals surface area contributed by atoms with Crippen molar-refractivity contribution < 1.29 is 13.2 Å². The molecule has 3 rings (SSSR count). The van der Waals surface area contributed by atoms with Gasteiger partial charge >= 0.3 is 6.18 Å². The number of hydrogen-bond acceptors (Lipinski definition) is 3. The lowest BCUT2D eigenvalue weighted by atomic mass is 9.74. The van der Waals surface area contributed by atoms with Crippen LogP contribution in [0.1, 0.15) is 54.8 Å². The standard InChI is InChI=1S/C15H21F3N2S/c1-9-2-3-10(7-19-11-4-5-11)12(6-9)13-8-20-14(21-13)15(16,17)18/h8-12,19H,2-7H2,1H3. The monoisotopic (exact) mass is 318 g/mol. The molecule has 0 saturated heterocycles. The molecule has 1 heterocycles. The first kappa shape index (κ1) is 15.3. The average Bonchev–Trinajstić information content (AvgIpc) is 3.10. The lowest BCUT2D eigenvalue weighted by Gasteiger charge is -2.34. The van der Waals surface area contributed by atoms with E-state index in [1.54, 1.807) is 0 Å². The summed E-state index contributed by atoms with van der Waals surface area (Å²) in [6.07, 6.45) is 2.89. The highest BCUT2D eigenvalue weighted by molar-refractivity contribution is 7.11. The van der Waals surface area contributed by atoms with Gasteiger partial charge in [0.25, 0.3) is 0 Å². The molecule has 0 spiro atoms. The van der Waals surface area contributed by atoms with Gasteiger partial charge in [-0.2, -0.15) is 13.2 Å². The summed E-state index contributed by atoms with van der Waals surface area (Å²) < 4.78 is 38.2. The number of rotatable bonds is 4. The van der Waals surface area contributed by atoms with Crippen molar-refractivity contribution in [1.29, 1.82) is 0 Å². The van der Waals surface area contributed by atoms with E-state index < -0.39 is 11.2 Å². The average molecular weight is 318 g/mol. The molecule has 2 aliphatic carbocycles. The van der Waals surface area contributed by atoms with Gasteiger partial charge in [0.1, 0.15) is 0 Å². The Morgan fingerprint density at radius 2 is 2.05 bits per heavy atom. The minimum atomic E-state index is -4.31. The highest BCUT2D eigenvalue weighted by atomic mass is 32.1. The predicted molar refractivity (Wildman–Crippen MR) is 77.4 cm³/mol. The van der Waals surface area contributed by atoms with Gasteiger partial charge < -0.3 is 5.32 Å². The molecule has 1 aromatic heterocycles. The van der Waals surface area contributed by atoms with Crippen LogP contribution in [0.2, 0.25) is 0 Å². The van der Waals surface area contributed by atoms with E-state index in [1.165, 1.54) is 25.5 Å². The molecule has 3 atom stereocenters. The molecule has 0 bridgehead atoms. The Labute approximate surface area is 127 Å². The van der Waals surface area contributed by atoms with Crippen LogP contribution < -0.4 is 5.32 Å². The Hall–Kier alpha value is -0.620. The number of alkyl halides is 3. The van der Waals surface area contributed by atoms with Crippen LogP contribution in [-0.2, 0) is 6.18 Å². The van der Waals surface area contributed by atoms with E-state index in [9.17, 15) is 13.2 Å². The van der Waals surface area contributed by atoms with Gasteiger partial charge in [0.2, 0.25) is 0 Å². The Morgan fingerprint density at radius 1 is 1.29 bits per heavy atom. The second-order valence-electron chi connectivity index (χ2n) is 6.53. The molecule has 21 heavy (non-hydrogen) atoms. The number of nitrogens with one attached hydrogen (secondary N) is 1. The van der Waals surface area contributed by atoms with Gasteiger partial charge in [0.05, 0.1) is 0 Å². The summed E-state index contributed by atoms with van der Waals surface area (Å²) in [7, 11) is 0. The Balaban J connectivity index is 1.72. The fourth-order valence-corrected chi connectivity index (χ4v) is 4.22. The van der Waals surface area contributed by atoms with Gasteiger partial charge in [-0.3, -0.25) is 0 Å². The quantitative estimate of drug-likeness (QED) is 0.888. The Bertz CT molecular complexity index is 482. The number of nitrogens with zero attached hydrogens (tertiary/aromatic N) is 1. The second kappa shape index (κ2) is 5.88. The van der Waals surface area contributed by atoms with Gasteiger partial charge in [-0.05, 0) is 50.0 Å². The van der Waals surface area contributed by atoms with Crippen molar-refractivity contribution >= 4 is 11.3 Å². The molecular formula is C15H21F3N2S. The Morgan fingerprint density at radius 3 is 2.67 bits per heavy atom. The summed E-state index contributed by atoms with van der Waals surface area (Å²) in [6.45, 7) is 3.13. The van der Waals surface area contributed by atoms with Crippen molar-refractivity contribution in [3.8, 4) is 0 Å². The molecule has 0 radical (unpaired) electrons. The summed E-state index contributed by atoms with van der Waals surface area (Å²) in [5, 5.41) is 2.84. The molecule has 0 amide bonds. The zero-order valence-electron chi connectivity index (χ0n) is 12.1. The third kappa shape index (κ3) is 3.77. The molecular weight excluding hydrogens is 297 g/mol. The number of halogens is 3. The summed E-state index contributed by atoms with van der Waals surface area (Å²) in [6, 6.07) is 0.650. The predicted octanol–water partition coefficient (Wildman–Crippen LogP) is 4.43. The van der Waals surface area contributed by atoms with E-state index in [-0.39, 0.29) is 5.92 Å². The first-order chi connectivity index (χ1) is 9.93. The van der Waals surface area contributed by atoms with Crippen LogP contribution in [0, 0.1) is 11.8 Å². The van der Waals surface area contributed by atoms with Crippen LogP contribution in [0.3, 0.4) is 0 Å². The summed E-state index contributed by atoms with van der Waals surface area (Å²) in [5.41, 5.74) is 0. The van der Waals surface area contributed by atoms with Crippen LogP contribution >= 0.6 is 11.3 Å². The zero-order chi connectivity index (χ0) is 15.0. The lowest BCUT2D eigenvalue weighted by Crippen LogP contribution is -2.32. The first-order valence-electron chi connectivity index (χ1n) is 7.70. The molecule has 6 heteroatoms. The van der Waals surface area contributed by atoms with Crippen molar-refractivity contribution in [2.45, 2.75) is 57.2 Å². The largest absolute Gasteiger partial charge is 0.443 e. The smallest absolute Gasteiger partial charge is 0.314 e. The third-order valence-corrected chi connectivity index (χ3v) is 5.81. The van der Waals surface area contributed by atoms with Gasteiger partial charge in [-0.1, -0.05) is 13.3 Å². The van der Waals surface area contributed by atoms with Crippen molar-refractivity contribution in [3.63, 3.8) is 0 Å². The molecule has 0 aromatic carbocycles. The van der Waals surface area contributed by atoms with E-state index in [1.807, 2.05) is 0 Å². The van der Waals surface area contributed by atoms with Gasteiger partial charge in [-0.15, -0.1) is 11.3 Å². The minimum Gasteiger partial charge on any atom is -0.314 e. The van der Waals surface area contributed by atoms with Crippen LogP contribution in [0.5, 0.6) is 0 Å². The van der Waals surface area contributed by atoms with E-state index in [4.69, 9.17) is 0 Å². The van der Waals surface area contributed by atoms with Crippen LogP contribution in [0.25, 0.3) is 0 Å². The molecule has 2 fully saturated rings. The van der Waals surface area contributed by atoms with Crippen molar-refractivity contribution in [2.24, 2.45) is 11.8 Å². The van der Waals surface area contributed by atoms with Crippen LogP contribution in [0.4, 0.5) is 13.2 Å². The number of thiazole rings is 1. The van der Waals surface area contributed by atoms with E-state index >= 15 is 0 Å². The lowest BCUT2D eigenvalue weighted by molar-refractivity contribution is -0.137. The summed E-state index contributed by atoms with van der Waals surface area (Å²) in [5.74, 6) is 1.26. The normalized spacial score (nSPS) is 30.6. The first-order valence-corrected chi connectivity index (χ1v) is 8.51. The van der Waals surface area contributed by atoms with Gasteiger partial charge in [-0.25, -0.2) is 4.98 Å². The SMILES string of the molecule is CC1CCC(CNC2CC2)C(c2cnc(C(F)(F)F)s2)C1. The van der Waals surface area contributed by atoms with E-state index in [0.29, 0.717) is 17.9 Å². The highest BCUT2D eigenvalue weighted by Crippen LogP contribution is 2.44. The molecule has 2 aliphatic rings. The van der Waals surface area contributed by atoms with Gasteiger partial charge in [0.15, 0.2) is 5.01 Å². The molecule has 0 aliphatic heterocycles. The molecule has 118 valence electrons. The fraction of sp³-hybridized carbons (Fsp3) is 0.800. The maximum Gasteiger partial charge on any atom is 0.443 e. The van der Waals surface area contributed by atoms with Crippen LogP contribution in [0.15, 0.2) is 6.20 Å². The Kier molecular flexibility index (Phi) is 4.28. The number of aromatic nitrogens is 1. The van der Waals surface area contributed by atoms with Crippen molar-refractivity contribution in [3.05, 3.63) is 16.1 Å². The highest BCUT2D eigenvalue weighted by Gasteiger charge is 2.37. The van der Waals surface area contributed by atoms with Gasteiger partial charge in [0, 0.05) is 17.1 Å². The summed E-state index contributed by atoms with van der Waals surface area (Å²) >= 11 is 0.838. The second-order valence-corrected chi connectivity index (χ2v) is 7.60. The molecule has 3 unspecified atom stereocenters. The summed E-state index contributed by atoms with van der Waals surface area (Å²) in [4.78, 5) is 4.42. The minimum absolute atomic E-state index is 0.230. The fourth-order valence-electron chi connectivity index (χ4n) is 3.23. The third-order valence-electron chi connectivity index (χ3n) is 4.63. The van der Waals surface area contributed by atoms with E-state index in [0.717, 1.165) is 35.6 Å². The van der Waals surface area contributed by atoms with Crippen LogP contribution in [-0.4, -0.2) is 17.6 Å². The van der Waals surface area contributed by atoms with Crippen molar-refractivity contribution in [1.82, 2.24) is 10.3 Å². The maximum absolute atomic E-state index is 12.7. The molecule has 1 N–H and O–H groups in total. The molecule has 2 saturated carbocycles. The molecule has 2 nitrogen and oxygen atoms in total. The maximum atomic E-state index is 12.7. The van der Waals surface area contributed by atoms with Crippen molar-refractivity contribution in [2.75, 3.05) is 6.54 Å². The van der Waals surface area contributed by atoms with E-state index in [2.05, 4.69) is 17.2 Å². The topological polar surface area (TPSA) is 24.9 Å². The zero-order valence-corrected chi connectivity index (χ0v) is 12.9.